The molecule has 0 saturated heterocycles. The van der Waals surface area contributed by atoms with Crippen LogP contribution in [-0.2, 0) is 14.3 Å². The van der Waals surface area contributed by atoms with Crippen molar-refractivity contribution < 1.29 is 19.0 Å². The molecule has 0 aliphatic carbocycles. The zero-order valence-corrected chi connectivity index (χ0v) is 14.0. The molecule has 0 unspecified atom stereocenters. The number of rotatable bonds is 4. The number of halogens is 1. The van der Waals surface area contributed by atoms with Crippen LogP contribution in [-0.4, -0.2) is 32.1 Å². The first-order valence-corrected chi connectivity index (χ1v) is 7.73. The van der Waals surface area contributed by atoms with Gasteiger partial charge >= 0.3 is 5.97 Å². The minimum absolute atomic E-state index is 0.341. The number of carbonyl (C=O) groups is 1. The van der Waals surface area contributed by atoms with Gasteiger partial charge in [-0.3, -0.25) is 0 Å². The van der Waals surface area contributed by atoms with Crippen LogP contribution in [0.2, 0.25) is 5.02 Å². The zero-order chi connectivity index (χ0) is 17.1. The van der Waals surface area contributed by atoms with E-state index in [1.807, 2.05) is 24.3 Å². The Kier molecular flexibility index (Phi) is 4.71. The molecule has 124 valence electrons. The molecule has 0 N–H and O–H groups in total. The Hall–Kier alpha value is -2.53. The SMILES string of the molecule is COC(=O)[C@@H]1N=C(c2ccccc2OC)O[C@H]1c1cccc(Cl)c1. The average Bonchev–Trinajstić information content (AvgIpc) is 3.06. The minimum atomic E-state index is -0.798. The maximum atomic E-state index is 12.1. The second-order valence-electron chi connectivity index (χ2n) is 5.20. The van der Waals surface area contributed by atoms with Crippen LogP contribution >= 0.6 is 11.6 Å². The van der Waals surface area contributed by atoms with Crippen molar-refractivity contribution in [3.63, 3.8) is 0 Å². The molecule has 2 aromatic rings. The zero-order valence-electron chi connectivity index (χ0n) is 13.2. The number of carbonyl (C=O) groups excluding carboxylic acids is 1. The summed E-state index contributed by atoms with van der Waals surface area (Å²) < 4.78 is 16.2. The summed E-state index contributed by atoms with van der Waals surface area (Å²) in [6, 6.07) is 13.7. The van der Waals surface area contributed by atoms with Gasteiger partial charge in [-0.2, -0.15) is 0 Å². The van der Waals surface area contributed by atoms with Crippen LogP contribution in [0.25, 0.3) is 0 Å². The Morgan fingerprint density at radius 2 is 1.96 bits per heavy atom. The second kappa shape index (κ2) is 6.93. The van der Waals surface area contributed by atoms with E-state index in [1.165, 1.54) is 7.11 Å². The third-order valence-electron chi connectivity index (χ3n) is 3.74. The lowest BCUT2D eigenvalue weighted by Gasteiger charge is -2.17. The fourth-order valence-corrected chi connectivity index (χ4v) is 2.79. The Morgan fingerprint density at radius 1 is 1.17 bits per heavy atom. The molecule has 24 heavy (non-hydrogen) atoms. The molecule has 0 fully saturated rings. The predicted octanol–water partition coefficient (Wildman–Crippen LogP) is 3.41. The van der Waals surface area contributed by atoms with Crippen molar-refractivity contribution in [3.8, 4) is 5.75 Å². The van der Waals surface area contributed by atoms with Gasteiger partial charge in [-0.25, -0.2) is 9.79 Å². The minimum Gasteiger partial charge on any atom is -0.496 e. The summed E-state index contributed by atoms with van der Waals surface area (Å²) in [5.74, 6) is 0.490. The summed E-state index contributed by atoms with van der Waals surface area (Å²) in [5, 5.41) is 0.561. The van der Waals surface area contributed by atoms with Gasteiger partial charge in [-0.05, 0) is 29.8 Å². The molecule has 3 rings (SSSR count). The Morgan fingerprint density at radius 3 is 2.67 bits per heavy atom. The quantitative estimate of drug-likeness (QED) is 0.797. The van der Waals surface area contributed by atoms with Gasteiger partial charge in [0.05, 0.1) is 19.8 Å². The van der Waals surface area contributed by atoms with E-state index in [4.69, 9.17) is 25.8 Å². The monoisotopic (exact) mass is 345 g/mol. The average molecular weight is 346 g/mol. The van der Waals surface area contributed by atoms with E-state index >= 15 is 0 Å². The van der Waals surface area contributed by atoms with E-state index in [1.54, 1.807) is 31.4 Å². The van der Waals surface area contributed by atoms with Gasteiger partial charge in [0, 0.05) is 5.02 Å². The lowest BCUT2D eigenvalue weighted by Crippen LogP contribution is -2.25. The second-order valence-corrected chi connectivity index (χ2v) is 5.63. The lowest BCUT2D eigenvalue weighted by atomic mass is 10.0. The van der Waals surface area contributed by atoms with Crippen LogP contribution < -0.4 is 4.74 Å². The topological polar surface area (TPSA) is 57.1 Å². The Bertz CT molecular complexity index is 790. The van der Waals surface area contributed by atoms with E-state index in [0.29, 0.717) is 22.2 Å². The summed E-state index contributed by atoms with van der Waals surface area (Å²) in [4.78, 5) is 16.6. The number of nitrogens with zero attached hydrogens (tertiary/aromatic N) is 1. The highest BCUT2D eigenvalue weighted by Gasteiger charge is 2.39. The standard InChI is InChI=1S/C18H16ClNO4/c1-22-14-9-4-3-8-13(14)17-20-15(18(21)23-2)16(24-17)11-6-5-7-12(19)10-11/h3-10,15-16H,1-2H3/t15-,16+/m1/s1. The third kappa shape index (κ3) is 3.08. The van der Waals surface area contributed by atoms with Gasteiger partial charge in [0.15, 0.2) is 12.1 Å². The molecule has 0 aromatic heterocycles. The summed E-state index contributed by atoms with van der Waals surface area (Å²) in [6.45, 7) is 0. The van der Waals surface area contributed by atoms with Crippen molar-refractivity contribution in [2.24, 2.45) is 4.99 Å². The summed E-state index contributed by atoms with van der Waals surface area (Å²) in [7, 11) is 2.90. The molecule has 1 aliphatic rings. The van der Waals surface area contributed by atoms with E-state index in [0.717, 1.165) is 5.56 Å². The fraction of sp³-hybridized carbons (Fsp3) is 0.222. The van der Waals surface area contributed by atoms with Crippen LogP contribution in [0.4, 0.5) is 0 Å². The normalized spacial score (nSPS) is 19.4. The highest BCUT2D eigenvalue weighted by molar-refractivity contribution is 6.30. The van der Waals surface area contributed by atoms with E-state index in [2.05, 4.69) is 4.99 Å². The van der Waals surface area contributed by atoms with Crippen LogP contribution in [0, 0.1) is 0 Å². The largest absolute Gasteiger partial charge is 0.496 e. The molecule has 2 atom stereocenters. The van der Waals surface area contributed by atoms with Gasteiger partial charge in [-0.15, -0.1) is 0 Å². The maximum absolute atomic E-state index is 12.1. The maximum Gasteiger partial charge on any atom is 0.335 e. The molecule has 0 spiro atoms. The van der Waals surface area contributed by atoms with Crippen molar-refractivity contribution in [1.82, 2.24) is 0 Å². The van der Waals surface area contributed by atoms with Gasteiger partial charge in [0.2, 0.25) is 5.90 Å². The number of esters is 1. The van der Waals surface area contributed by atoms with Gasteiger partial charge in [-0.1, -0.05) is 35.9 Å². The molecular weight excluding hydrogens is 330 g/mol. The van der Waals surface area contributed by atoms with Gasteiger partial charge in [0.25, 0.3) is 0 Å². The molecule has 0 saturated carbocycles. The Balaban J connectivity index is 2.00. The number of aliphatic imine (C=N–C) groups is 1. The highest BCUT2D eigenvalue weighted by Crippen LogP contribution is 2.34. The smallest absolute Gasteiger partial charge is 0.335 e. The summed E-state index contributed by atoms with van der Waals surface area (Å²) in [5.41, 5.74) is 1.44. The third-order valence-corrected chi connectivity index (χ3v) is 3.97. The van der Waals surface area contributed by atoms with Crippen molar-refractivity contribution in [1.29, 1.82) is 0 Å². The summed E-state index contributed by atoms with van der Waals surface area (Å²) >= 11 is 6.06. The predicted molar refractivity (Wildman–Crippen MR) is 90.6 cm³/mol. The number of ether oxygens (including phenoxy) is 3. The molecule has 0 radical (unpaired) electrons. The van der Waals surface area contributed by atoms with Crippen LogP contribution in [0.5, 0.6) is 5.75 Å². The van der Waals surface area contributed by atoms with Crippen molar-refractivity contribution in [2.75, 3.05) is 14.2 Å². The summed E-state index contributed by atoms with van der Waals surface area (Å²) in [6.07, 6.45) is -0.601. The van der Waals surface area contributed by atoms with Crippen LogP contribution in [0.1, 0.15) is 17.2 Å². The van der Waals surface area contributed by atoms with Crippen molar-refractivity contribution >= 4 is 23.5 Å². The van der Waals surface area contributed by atoms with Crippen molar-refractivity contribution in [3.05, 3.63) is 64.7 Å². The molecule has 5 nitrogen and oxygen atoms in total. The van der Waals surface area contributed by atoms with Gasteiger partial charge < -0.3 is 14.2 Å². The molecule has 2 aromatic carbocycles. The van der Waals surface area contributed by atoms with E-state index in [9.17, 15) is 4.79 Å². The Labute approximate surface area is 144 Å². The van der Waals surface area contributed by atoms with Crippen LogP contribution in [0.3, 0.4) is 0 Å². The molecule has 6 heteroatoms. The van der Waals surface area contributed by atoms with Gasteiger partial charge in [0.1, 0.15) is 5.75 Å². The van der Waals surface area contributed by atoms with E-state index < -0.39 is 18.1 Å². The number of methoxy groups -OCH3 is 2. The first kappa shape index (κ1) is 16.3. The van der Waals surface area contributed by atoms with Crippen LogP contribution in [0.15, 0.2) is 53.5 Å². The molecule has 1 aliphatic heterocycles. The molecule has 1 heterocycles. The fourth-order valence-electron chi connectivity index (χ4n) is 2.59. The number of para-hydroxylation sites is 1. The molecule has 0 bridgehead atoms. The van der Waals surface area contributed by atoms with E-state index in [-0.39, 0.29) is 0 Å². The number of hydrogen-bond donors (Lipinski definition) is 0. The molecule has 0 amide bonds. The molecular formula is C18H16ClNO4. The lowest BCUT2D eigenvalue weighted by molar-refractivity contribution is -0.143. The first-order chi connectivity index (χ1) is 11.6. The highest BCUT2D eigenvalue weighted by atomic mass is 35.5. The number of hydrogen-bond acceptors (Lipinski definition) is 5. The first-order valence-electron chi connectivity index (χ1n) is 7.35. The number of benzene rings is 2. The van der Waals surface area contributed by atoms with Crippen molar-refractivity contribution in [2.45, 2.75) is 12.1 Å².